The van der Waals surface area contributed by atoms with Crippen molar-refractivity contribution in [2.24, 2.45) is 9.98 Å². The Labute approximate surface area is 87.8 Å². The minimum absolute atomic E-state index is 0.554. The van der Waals surface area contributed by atoms with Gasteiger partial charge in [0.15, 0.2) is 11.1 Å². The third-order valence-corrected chi connectivity index (χ3v) is 3.35. The lowest BCUT2D eigenvalue weighted by Crippen LogP contribution is -2.38. The second kappa shape index (κ2) is 4.54. The summed E-state index contributed by atoms with van der Waals surface area (Å²) < 4.78 is 0. The van der Waals surface area contributed by atoms with Crippen LogP contribution in [0.1, 0.15) is 0 Å². The van der Waals surface area contributed by atoms with Gasteiger partial charge in [0.25, 0.3) is 0 Å². The van der Waals surface area contributed by atoms with Gasteiger partial charge < -0.3 is 16.0 Å². The van der Waals surface area contributed by atoms with Crippen molar-refractivity contribution < 1.29 is 0 Å². The first-order valence-corrected chi connectivity index (χ1v) is 5.66. The largest absolute Gasteiger partial charge is 0.364 e. The van der Waals surface area contributed by atoms with E-state index in [-0.39, 0.29) is 0 Å². The first-order valence-electron chi connectivity index (χ1n) is 4.78. The number of amidine groups is 1. The molecule has 14 heavy (non-hydrogen) atoms. The maximum absolute atomic E-state index is 4.27. The highest BCUT2D eigenvalue weighted by atomic mass is 32.2. The fraction of sp³-hybridized carbons (Fsp3) is 0.750. The predicted molar refractivity (Wildman–Crippen MR) is 61.0 cm³/mol. The fourth-order valence-corrected chi connectivity index (χ4v) is 2.34. The summed E-state index contributed by atoms with van der Waals surface area (Å²) in [5.41, 5.74) is 0. The van der Waals surface area contributed by atoms with Gasteiger partial charge >= 0.3 is 0 Å². The van der Waals surface area contributed by atoms with E-state index in [1.165, 1.54) is 0 Å². The maximum Gasteiger partial charge on any atom is 0.191 e. The highest BCUT2D eigenvalue weighted by molar-refractivity contribution is 8.14. The molecule has 3 N–H and O–H groups in total. The summed E-state index contributed by atoms with van der Waals surface area (Å²) in [5, 5.41) is 11.3. The van der Waals surface area contributed by atoms with Crippen molar-refractivity contribution in [2.75, 3.05) is 33.2 Å². The van der Waals surface area contributed by atoms with Crippen LogP contribution < -0.4 is 16.0 Å². The monoisotopic (exact) mass is 213 g/mol. The van der Waals surface area contributed by atoms with Gasteiger partial charge in [-0.05, 0) is 0 Å². The molecule has 0 radical (unpaired) electrons. The number of guanidine groups is 1. The molecule has 5 nitrogen and oxygen atoms in total. The van der Waals surface area contributed by atoms with E-state index in [2.05, 4.69) is 25.9 Å². The molecular formula is C8H15N5S. The Balaban J connectivity index is 1.71. The van der Waals surface area contributed by atoms with E-state index in [1.807, 2.05) is 7.05 Å². The van der Waals surface area contributed by atoms with Gasteiger partial charge in [0.05, 0.1) is 6.54 Å². The summed E-state index contributed by atoms with van der Waals surface area (Å²) in [4.78, 5) is 8.38. The number of aliphatic imine (C=N–C) groups is 2. The van der Waals surface area contributed by atoms with Crippen molar-refractivity contribution >= 4 is 22.9 Å². The summed E-state index contributed by atoms with van der Waals surface area (Å²) in [5.74, 6) is 0.937. The number of nitrogens with zero attached hydrogens (tertiary/aromatic N) is 2. The minimum atomic E-state index is 0.554. The molecule has 1 atom stereocenters. The Morgan fingerprint density at radius 2 is 2.57 bits per heavy atom. The molecule has 2 aliphatic heterocycles. The van der Waals surface area contributed by atoms with Crippen molar-refractivity contribution in [3.8, 4) is 0 Å². The summed E-state index contributed by atoms with van der Waals surface area (Å²) in [6.07, 6.45) is 0. The molecule has 0 spiro atoms. The smallest absolute Gasteiger partial charge is 0.191 e. The quantitative estimate of drug-likeness (QED) is 0.563. The molecule has 0 bridgehead atoms. The van der Waals surface area contributed by atoms with E-state index >= 15 is 0 Å². The SMILES string of the molecule is CN=C1NCC(CNC2=NCCN2)S1. The zero-order valence-electron chi connectivity index (χ0n) is 8.21. The molecule has 1 fully saturated rings. The van der Waals surface area contributed by atoms with Crippen molar-refractivity contribution in [3.05, 3.63) is 0 Å². The maximum atomic E-state index is 4.27. The number of nitrogens with one attached hydrogen (secondary N) is 3. The Morgan fingerprint density at radius 1 is 1.64 bits per heavy atom. The fourth-order valence-electron chi connectivity index (χ4n) is 1.41. The molecule has 0 aromatic rings. The van der Waals surface area contributed by atoms with Gasteiger partial charge in [0.1, 0.15) is 0 Å². The van der Waals surface area contributed by atoms with Gasteiger partial charge in [-0.1, -0.05) is 11.8 Å². The van der Waals surface area contributed by atoms with Crippen molar-refractivity contribution in [3.63, 3.8) is 0 Å². The molecule has 2 rings (SSSR count). The highest BCUT2D eigenvalue weighted by Gasteiger charge is 2.20. The Hall–Kier alpha value is -0.910. The lowest BCUT2D eigenvalue weighted by molar-refractivity contribution is 0.768. The highest BCUT2D eigenvalue weighted by Crippen LogP contribution is 2.16. The average molecular weight is 213 g/mol. The second-order valence-corrected chi connectivity index (χ2v) is 4.48. The molecule has 6 heteroatoms. The lowest BCUT2D eigenvalue weighted by Gasteiger charge is -2.09. The van der Waals surface area contributed by atoms with Gasteiger partial charge in [0.2, 0.25) is 0 Å². The van der Waals surface area contributed by atoms with E-state index < -0.39 is 0 Å². The van der Waals surface area contributed by atoms with E-state index in [0.717, 1.165) is 37.3 Å². The van der Waals surface area contributed by atoms with Crippen molar-refractivity contribution in [1.82, 2.24) is 16.0 Å². The zero-order valence-corrected chi connectivity index (χ0v) is 9.02. The Morgan fingerprint density at radius 3 is 3.21 bits per heavy atom. The minimum Gasteiger partial charge on any atom is -0.364 e. The van der Waals surface area contributed by atoms with E-state index in [0.29, 0.717) is 5.25 Å². The molecular weight excluding hydrogens is 198 g/mol. The van der Waals surface area contributed by atoms with Crippen LogP contribution in [0.25, 0.3) is 0 Å². The molecule has 1 unspecified atom stereocenters. The van der Waals surface area contributed by atoms with E-state index in [1.54, 1.807) is 11.8 Å². The van der Waals surface area contributed by atoms with Gasteiger partial charge in [-0.3, -0.25) is 9.98 Å². The first kappa shape index (κ1) is 9.64. The standard InChI is InChI=1S/C8H15N5S/c1-9-8-13-5-6(14-8)4-12-7-10-2-3-11-7/h6H,2-5H2,1H3,(H,9,13)(H2,10,11,12). The lowest BCUT2D eigenvalue weighted by atomic mass is 10.4. The molecule has 0 amide bonds. The number of rotatable bonds is 2. The van der Waals surface area contributed by atoms with Gasteiger partial charge in [-0.15, -0.1) is 0 Å². The third kappa shape index (κ3) is 2.31. The summed E-state index contributed by atoms with van der Waals surface area (Å²) in [6, 6.07) is 0. The second-order valence-electron chi connectivity index (χ2n) is 3.19. The van der Waals surface area contributed by atoms with E-state index in [4.69, 9.17) is 0 Å². The number of hydrogen-bond acceptors (Lipinski definition) is 5. The van der Waals surface area contributed by atoms with Crippen LogP contribution >= 0.6 is 11.8 Å². The predicted octanol–water partition coefficient (Wildman–Crippen LogP) is -0.774. The summed E-state index contributed by atoms with van der Waals surface area (Å²) >= 11 is 1.79. The van der Waals surface area contributed by atoms with Crippen LogP contribution in [0.2, 0.25) is 0 Å². The van der Waals surface area contributed by atoms with Crippen LogP contribution in [0.4, 0.5) is 0 Å². The summed E-state index contributed by atoms with van der Waals surface area (Å²) in [6.45, 7) is 3.76. The Bertz CT molecular complexity index is 262. The summed E-state index contributed by atoms with van der Waals surface area (Å²) in [7, 11) is 1.81. The van der Waals surface area contributed by atoms with Crippen LogP contribution in [0, 0.1) is 0 Å². The first-order chi connectivity index (χ1) is 6.88. The average Bonchev–Trinajstić information content (AvgIpc) is 2.86. The molecule has 2 heterocycles. The van der Waals surface area contributed by atoms with Crippen molar-refractivity contribution in [1.29, 1.82) is 0 Å². The van der Waals surface area contributed by atoms with Crippen LogP contribution in [0.3, 0.4) is 0 Å². The van der Waals surface area contributed by atoms with Gasteiger partial charge in [0, 0.05) is 31.9 Å². The van der Waals surface area contributed by atoms with Crippen LogP contribution in [0.15, 0.2) is 9.98 Å². The molecule has 78 valence electrons. The molecule has 0 saturated carbocycles. The zero-order chi connectivity index (χ0) is 9.80. The van der Waals surface area contributed by atoms with Gasteiger partial charge in [-0.25, -0.2) is 0 Å². The van der Waals surface area contributed by atoms with Crippen molar-refractivity contribution in [2.45, 2.75) is 5.25 Å². The van der Waals surface area contributed by atoms with Crippen LogP contribution in [-0.2, 0) is 0 Å². The van der Waals surface area contributed by atoms with Gasteiger partial charge in [-0.2, -0.15) is 0 Å². The molecule has 1 saturated heterocycles. The molecule has 2 aliphatic rings. The Kier molecular flexibility index (Phi) is 3.13. The van der Waals surface area contributed by atoms with Crippen LogP contribution in [-0.4, -0.2) is 49.6 Å². The molecule has 0 aromatic carbocycles. The third-order valence-electron chi connectivity index (χ3n) is 2.13. The molecule has 0 aromatic heterocycles. The number of hydrogen-bond donors (Lipinski definition) is 3. The molecule has 0 aliphatic carbocycles. The van der Waals surface area contributed by atoms with E-state index in [9.17, 15) is 0 Å². The normalized spacial score (nSPS) is 28.5. The topological polar surface area (TPSA) is 60.8 Å². The number of thioether (sulfide) groups is 1. The van der Waals surface area contributed by atoms with Crippen LogP contribution in [0.5, 0.6) is 0 Å².